The van der Waals surface area contributed by atoms with Gasteiger partial charge in [0.05, 0.1) is 25.9 Å². The number of piperazine rings is 1. The first kappa shape index (κ1) is 31.0. The van der Waals surface area contributed by atoms with Crippen LogP contribution in [0.15, 0.2) is 22.6 Å². The molecule has 1 atom stereocenters. The quantitative estimate of drug-likeness (QED) is 0.371. The number of oxazole rings is 1. The van der Waals surface area contributed by atoms with Crippen LogP contribution in [0.2, 0.25) is 0 Å². The van der Waals surface area contributed by atoms with Crippen molar-refractivity contribution in [3.63, 3.8) is 0 Å². The van der Waals surface area contributed by atoms with E-state index in [1.165, 1.54) is 28.0 Å². The van der Waals surface area contributed by atoms with Crippen LogP contribution in [0.1, 0.15) is 48.5 Å². The number of benzene rings is 1. The number of hydrogen-bond donors (Lipinski definition) is 2. The molecule has 13 nitrogen and oxygen atoms in total. The molecule has 4 N–H and O–H groups in total. The Bertz CT molecular complexity index is 1240. The number of aromatic nitrogens is 1. The van der Waals surface area contributed by atoms with Gasteiger partial charge in [-0.3, -0.25) is 9.59 Å². The van der Waals surface area contributed by atoms with Crippen molar-refractivity contribution < 1.29 is 41.8 Å². The van der Waals surface area contributed by atoms with Gasteiger partial charge in [-0.05, 0) is 38.0 Å². The number of halogens is 2. The number of alkyl halides is 2. The smallest absolute Gasteiger partial charge is 0.387 e. The molecule has 2 fully saturated rings. The van der Waals surface area contributed by atoms with Crippen molar-refractivity contribution in [3.05, 3.63) is 29.7 Å². The topological polar surface area (TPSA) is 167 Å². The highest BCUT2D eigenvalue weighted by molar-refractivity contribution is 5.94. The molecular weight excluding hydrogens is 558 g/mol. The summed E-state index contributed by atoms with van der Waals surface area (Å²) in [5, 5.41) is 0. The number of amides is 4. The van der Waals surface area contributed by atoms with Crippen molar-refractivity contribution in [2.45, 2.75) is 38.8 Å². The minimum Gasteiger partial charge on any atom is -0.490 e. The Morgan fingerprint density at radius 1 is 1.00 bits per heavy atom. The summed E-state index contributed by atoms with van der Waals surface area (Å²) in [5.74, 6) is -0.319. The van der Waals surface area contributed by atoms with Crippen molar-refractivity contribution in [2.24, 2.45) is 11.5 Å². The summed E-state index contributed by atoms with van der Waals surface area (Å²) in [4.78, 5) is 46.2. The summed E-state index contributed by atoms with van der Waals surface area (Å²) < 4.78 is 47.7. The van der Waals surface area contributed by atoms with E-state index in [2.05, 4.69) is 9.72 Å². The lowest BCUT2D eigenvalue weighted by atomic mass is 10.2. The van der Waals surface area contributed by atoms with Crippen molar-refractivity contribution in [2.75, 3.05) is 59.1 Å². The maximum absolute atomic E-state index is 13.3. The lowest BCUT2D eigenvalue weighted by molar-refractivity contribution is -0.135. The second-order valence-corrected chi connectivity index (χ2v) is 9.98. The standard InChI is InChI=1S/C27H36F2N6O7/c1-17(30)23-22(25(37)34-7-9-35(10-8-34)27(31)38)32-24(42-23)18-5-6-19(41-26(28)29)20(16-18)40-13-3-2-4-21(36)33-11-14-39-15-12-33/h5-6,16-17,26H,2-4,7-15,30H2,1H3,(H2,31,38)/t17-/m0/s1. The average molecular weight is 595 g/mol. The molecule has 15 heteroatoms. The minimum absolute atomic E-state index is 0.0211. The number of ether oxygens (including phenoxy) is 3. The van der Waals surface area contributed by atoms with E-state index in [1.54, 1.807) is 11.8 Å². The van der Waals surface area contributed by atoms with Crippen molar-refractivity contribution in [1.82, 2.24) is 19.7 Å². The zero-order chi connectivity index (χ0) is 30.2. The van der Waals surface area contributed by atoms with E-state index in [4.69, 9.17) is 25.4 Å². The normalized spacial score (nSPS) is 16.5. The van der Waals surface area contributed by atoms with Gasteiger partial charge in [0, 0.05) is 51.3 Å². The predicted molar refractivity (Wildman–Crippen MR) is 145 cm³/mol. The van der Waals surface area contributed by atoms with Crippen molar-refractivity contribution in [3.8, 4) is 23.0 Å². The monoisotopic (exact) mass is 594 g/mol. The Balaban J connectivity index is 1.45. The van der Waals surface area contributed by atoms with E-state index in [1.807, 2.05) is 0 Å². The Morgan fingerprint density at radius 2 is 1.69 bits per heavy atom. The van der Waals surface area contributed by atoms with Crippen LogP contribution in [-0.2, 0) is 9.53 Å². The summed E-state index contributed by atoms with van der Waals surface area (Å²) in [6, 6.07) is 2.98. The molecular formula is C27H36F2N6O7. The van der Waals surface area contributed by atoms with Gasteiger partial charge in [-0.15, -0.1) is 0 Å². The molecule has 4 amide bonds. The third-order valence-corrected chi connectivity index (χ3v) is 6.96. The number of urea groups is 1. The average Bonchev–Trinajstić information content (AvgIpc) is 3.43. The first-order chi connectivity index (χ1) is 20.1. The Kier molecular flexibility index (Phi) is 10.5. The number of carbonyl (C=O) groups is 3. The highest BCUT2D eigenvalue weighted by atomic mass is 19.3. The fourth-order valence-corrected chi connectivity index (χ4v) is 4.68. The van der Waals surface area contributed by atoms with E-state index < -0.39 is 24.6 Å². The zero-order valence-corrected chi connectivity index (χ0v) is 23.4. The molecule has 1 aromatic carbocycles. The fourth-order valence-electron chi connectivity index (χ4n) is 4.68. The molecule has 0 aliphatic carbocycles. The summed E-state index contributed by atoms with van der Waals surface area (Å²) in [6.45, 7) is 2.00. The molecule has 0 bridgehead atoms. The fraction of sp³-hybridized carbons (Fsp3) is 0.556. The molecule has 2 aromatic rings. The third-order valence-electron chi connectivity index (χ3n) is 6.96. The van der Waals surface area contributed by atoms with Gasteiger partial charge in [-0.2, -0.15) is 8.78 Å². The predicted octanol–water partition coefficient (Wildman–Crippen LogP) is 2.21. The van der Waals surface area contributed by atoms with Crippen LogP contribution in [0.3, 0.4) is 0 Å². The lowest BCUT2D eigenvalue weighted by Crippen LogP contribution is -2.52. The molecule has 0 saturated carbocycles. The van der Waals surface area contributed by atoms with E-state index in [9.17, 15) is 23.2 Å². The number of carbonyl (C=O) groups excluding carboxylic acids is 3. The molecule has 2 aliphatic heterocycles. The summed E-state index contributed by atoms with van der Waals surface area (Å²) in [7, 11) is 0. The van der Waals surface area contributed by atoms with Crippen LogP contribution in [-0.4, -0.2) is 103 Å². The minimum atomic E-state index is -3.07. The molecule has 0 radical (unpaired) electrons. The number of hydrogen-bond acceptors (Lipinski definition) is 9. The van der Waals surface area contributed by atoms with Crippen LogP contribution in [0.5, 0.6) is 11.5 Å². The van der Waals surface area contributed by atoms with E-state index in [0.29, 0.717) is 51.1 Å². The number of primary amides is 1. The van der Waals surface area contributed by atoms with Gasteiger partial charge < -0.3 is 44.8 Å². The molecule has 0 unspecified atom stereocenters. The second kappa shape index (κ2) is 14.3. The Morgan fingerprint density at radius 3 is 2.33 bits per heavy atom. The van der Waals surface area contributed by atoms with Crippen molar-refractivity contribution >= 4 is 17.8 Å². The first-order valence-corrected chi connectivity index (χ1v) is 13.8. The summed E-state index contributed by atoms with van der Waals surface area (Å²) in [6.07, 6.45) is 1.40. The lowest BCUT2D eigenvalue weighted by Gasteiger charge is -2.33. The molecule has 2 saturated heterocycles. The number of unbranched alkanes of at least 4 members (excludes halogenated alkanes) is 1. The summed E-state index contributed by atoms with van der Waals surface area (Å²) in [5.41, 5.74) is 11.8. The number of nitrogens with two attached hydrogens (primary N) is 2. The molecule has 0 spiro atoms. The van der Waals surface area contributed by atoms with E-state index in [0.717, 1.165) is 0 Å². The van der Waals surface area contributed by atoms with E-state index >= 15 is 0 Å². The first-order valence-electron chi connectivity index (χ1n) is 13.8. The van der Waals surface area contributed by atoms with Crippen LogP contribution >= 0.6 is 0 Å². The van der Waals surface area contributed by atoms with Gasteiger partial charge in [0.1, 0.15) is 0 Å². The van der Waals surface area contributed by atoms with Crippen molar-refractivity contribution in [1.29, 1.82) is 0 Å². The third kappa shape index (κ3) is 7.85. The second-order valence-electron chi connectivity index (χ2n) is 9.98. The van der Waals surface area contributed by atoms with Crippen LogP contribution in [0.4, 0.5) is 13.6 Å². The maximum Gasteiger partial charge on any atom is 0.387 e. The Labute approximate surface area is 241 Å². The Hall–Kier alpha value is -3.98. The molecule has 42 heavy (non-hydrogen) atoms. The van der Waals surface area contributed by atoms with Crippen LogP contribution in [0, 0.1) is 0 Å². The van der Waals surface area contributed by atoms with Gasteiger partial charge >= 0.3 is 12.6 Å². The van der Waals surface area contributed by atoms with Gasteiger partial charge in [0.15, 0.2) is 23.0 Å². The molecule has 3 heterocycles. The number of morpholine rings is 1. The van der Waals surface area contributed by atoms with Crippen LogP contribution < -0.4 is 20.9 Å². The maximum atomic E-state index is 13.3. The largest absolute Gasteiger partial charge is 0.490 e. The SMILES string of the molecule is C[C@H](N)c1oc(-c2ccc(OC(F)F)c(OCCCCC(=O)N3CCOCC3)c2)nc1C(=O)N1CCN(C(N)=O)CC1. The molecule has 230 valence electrons. The van der Waals surface area contributed by atoms with Gasteiger partial charge in [-0.25, -0.2) is 9.78 Å². The van der Waals surface area contributed by atoms with Crippen LogP contribution in [0.25, 0.3) is 11.5 Å². The molecule has 4 rings (SSSR count). The molecule has 1 aromatic heterocycles. The van der Waals surface area contributed by atoms with E-state index in [-0.39, 0.29) is 67.5 Å². The van der Waals surface area contributed by atoms with Gasteiger partial charge in [0.25, 0.3) is 5.91 Å². The highest BCUT2D eigenvalue weighted by Gasteiger charge is 2.30. The van der Waals surface area contributed by atoms with Gasteiger partial charge in [-0.1, -0.05) is 0 Å². The van der Waals surface area contributed by atoms with Gasteiger partial charge in [0.2, 0.25) is 11.8 Å². The molecule has 2 aliphatic rings. The number of nitrogens with zero attached hydrogens (tertiary/aromatic N) is 4. The summed E-state index contributed by atoms with van der Waals surface area (Å²) >= 11 is 0. The zero-order valence-electron chi connectivity index (χ0n) is 23.4. The highest BCUT2D eigenvalue weighted by Crippen LogP contribution is 2.35. The number of rotatable bonds is 11.